The van der Waals surface area contributed by atoms with E-state index in [4.69, 9.17) is 15.0 Å². The Hall–Kier alpha value is -11.0. The summed E-state index contributed by atoms with van der Waals surface area (Å²) in [6.07, 6.45) is 0. The Morgan fingerprint density at radius 1 is 0.198 bits per heavy atom. The minimum atomic E-state index is 0.529. The smallest absolute Gasteiger partial charge is 0.238 e. The molecule has 6 heteroatoms. The minimum absolute atomic E-state index is 0.529. The Bertz CT molecular complexity index is 4590. The van der Waals surface area contributed by atoms with Crippen LogP contribution in [0.1, 0.15) is 0 Å². The molecule has 81 heavy (non-hydrogen) atoms. The van der Waals surface area contributed by atoms with Gasteiger partial charge in [-0.1, -0.05) is 206 Å². The lowest BCUT2D eigenvalue weighted by Gasteiger charge is -2.17. The van der Waals surface area contributed by atoms with E-state index in [-0.39, 0.29) is 0 Å². The Balaban J connectivity index is 0.953. The molecule has 0 bridgehead atoms. The third kappa shape index (κ3) is 7.68. The predicted molar refractivity (Wildman–Crippen MR) is 335 cm³/mol. The summed E-state index contributed by atoms with van der Waals surface area (Å²) in [7, 11) is 0. The molecule has 0 saturated carbocycles. The fourth-order valence-electron chi connectivity index (χ4n) is 12.4. The number of benzene rings is 12. The Kier molecular flexibility index (Phi) is 10.8. The molecule has 0 N–H and O–H groups in total. The molecular formula is C75H48N6. The summed E-state index contributed by atoms with van der Waals surface area (Å²) in [5, 5.41) is 6.90. The van der Waals surface area contributed by atoms with Crippen LogP contribution in [-0.2, 0) is 0 Å². The highest BCUT2D eigenvalue weighted by molar-refractivity contribution is 6.14. The van der Waals surface area contributed by atoms with Crippen LogP contribution in [0.25, 0.3) is 150 Å². The van der Waals surface area contributed by atoms with Crippen molar-refractivity contribution < 1.29 is 0 Å². The van der Waals surface area contributed by atoms with E-state index in [0.29, 0.717) is 17.6 Å². The van der Waals surface area contributed by atoms with Crippen LogP contribution in [0.3, 0.4) is 0 Å². The van der Waals surface area contributed by atoms with Gasteiger partial charge in [-0.25, -0.2) is 4.98 Å². The van der Waals surface area contributed by atoms with E-state index in [9.17, 15) is 0 Å². The molecule has 0 radical (unpaired) electrons. The second-order valence-corrected chi connectivity index (χ2v) is 20.7. The Morgan fingerprint density at radius 2 is 0.481 bits per heavy atom. The number of aromatic nitrogens is 6. The van der Waals surface area contributed by atoms with Gasteiger partial charge in [0.1, 0.15) is 0 Å². The molecule has 0 unspecified atom stereocenters. The van der Waals surface area contributed by atoms with E-state index < -0.39 is 0 Å². The maximum Gasteiger partial charge on any atom is 0.238 e. The molecule has 4 heterocycles. The number of rotatable bonds is 9. The number of hydrogen-bond donors (Lipinski definition) is 0. The summed E-state index contributed by atoms with van der Waals surface area (Å²) in [5.41, 5.74) is 19.4. The van der Waals surface area contributed by atoms with Crippen LogP contribution in [0.15, 0.2) is 291 Å². The fourth-order valence-corrected chi connectivity index (χ4v) is 12.4. The highest BCUT2D eigenvalue weighted by Crippen LogP contribution is 2.43. The number of fused-ring (bicyclic) bond motifs is 9. The highest BCUT2D eigenvalue weighted by atomic mass is 15.2. The van der Waals surface area contributed by atoms with Crippen LogP contribution in [-0.4, -0.2) is 28.7 Å². The number of hydrogen-bond acceptors (Lipinski definition) is 3. The molecule has 6 nitrogen and oxygen atoms in total. The molecule has 16 aromatic rings. The molecule has 0 atom stereocenters. The van der Waals surface area contributed by atoms with Gasteiger partial charge in [0.25, 0.3) is 0 Å². The van der Waals surface area contributed by atoms with Gasteiger partial charge >= 0.3 is 0 Å². The topological polar surface area (TPSA) is 53.5 Å². The minimum Gasteiger partial charge on any atom is -0.309 e. The number of nitrogens with zero attached hydrogens (tertiary/aromatic N) is 6. The van der Waals surface area contributed by atoms with Crippen molar-refractivity contribution in [1.29, 1.82) is 0 Å². The SMILES string of the molecule is c1ccc(-c2ccc3c(c2)c2cc(-c4ccccc4)ccc2n3-c2ccccc2-c2nc(-c3ccccc3-n3c4ccc(-c5ccccc5)cc4c4cc(-c5ccccc5)ccc43)nc(-n3c4ccccc4c4ccccc43)n2)cc1. The zero-order valence-corrected chi connectivity index (χ0v) is 43.9. The van der Waals surface area contributed by atoms with Gasteiger partial charge in [-0.05, 0) is 129 Å². The first kappa shape index (κ1) is 46.2. The first-order valence-electron chi connectivity index (χ1n) is 27.5. The van der Waals surface area contributed by atoms with Gasteiger partial charge in [-0.15, -0.1) is 0 Å². The quantitative estimate of drug-likeness (QED) is 0.145. The first-order chi connectivity index (χ1) is 40.2. The van der Waals surface area contributed by atoms with Crippen molar-refractivity contribution in [2.45, 2.75) is 0 Å². The van der Waals surface area contributed by atoms with Gasteiger partial charge in [0.2, 0.25) is 5.95 Å². The Labute approximate surface area is 467 Å². The largest absolute Gasteiger partial charge is 0.309 e. The van der Waals surface area contributed by atoms with E-state index >= 15 is 0 Å². The Morgan fingerprint density at radius 3 is 0.827 bits per heavy atom. The first-order valence-corrected chi connectivity index (χ1v) is 27.5. The normalized spacial score (nSPS) is 11.7. The second-order valence-electron chi connectivity index (χ2n) is 20.7. The van der Waals surface area contributed by atoms with E-state index in [0.717, 1.165) is 110 Å². The van der Waals surface area contributed by atoms with Crippen LogP contribution < -0.4 is 0 Å². The van der Waals surface area contributed by atoms with E-state index in [1.165, 1.54) is 22.3 Å². The van der Waals surface area contributed by atoms with Crippen molar-refractivity contribution in [1.82, 2.24) is 28.7 Å². The second kappa shape index (κ2) is 18.9. The molecule has 4 aromatic heterocycles. The summed E-state index contributed by atoms with van der Waals surface area (Å²) in [6.45, 7) is 0. The molecule has 0 amide bonds. The highest BCUT2D eigenvalue weighted by Gasteiger charge is 2.24. The van der Waals surface area contributed by atoms with Crippen LogP contribution in [0.4, 0.5) is 0 Å². The monoisotopic (exact) mass is 1030 g/mol. The fraction of sp³-hybridized carbons (Fsp3) is 0. The predicted octanol–water partition coefficient (Wildman–Crippen LogP) is 19.2. The van der Waals surface area contributed by atoms with Gasteiger partial charge in [0, 0.05) is 43.4 Å². The van der Waals surface area contributed by atoms with Gasteiger partial charge in [0.05, 0.1) is 44.5 Å². The van der Waals surface area contributed by atoms with Crippen LogP contribution in [0.5, 0.6) is 0 Å². The van der Waals surface area contributed by atoms with Crippen molar-refractivity contribution >= 4 is 65.4 Å². The number of para-hydroxylation sites is 4. The van der Waals surface area contributed by atoms with Crippen LogP contribution in [0, 0.1) is 0 Å². The van der Waals surface area contributed by atoms with Gasteiger partial charge in [-0.2, -0.15) is 9.97 Å². The molecule has 0 fully saturated rings. The van der Waals surface area contributed by atoms with Gasteiger partial charge < -0.3 is 9.13 Å². The summed E-state index contributed by atoms with van der Waals surface area (Å²) in [5.74, 6) is 1.64. The zero-order chi connectivity index (χ0) is 53.4. The molecule has 378 valence electrons. The lowest BCUT2D eigenvalue weighted by molar-refractivity contribution is 0.950. The summed E-state index contributed by atoms with van der Waals surface area (Å²) in [4.78, 5) is 16.9. The maximum atomic E-state index is 5.66. The average molecular weight is 1030 g/mol. The third-order valence-electron chi connectivity index (χ3n) is 16.1. The lowest BCUT2D eigenvalue weighted by atomic mass is 10.0. The van der Waals surface area contributed by atoms with Crippen LogP contribution in [0.2, 0.25) is 0 Å². The van der Waals surface area contributed by atoms with E-state index in [1.54, 1.807) is 0 Å². The molecule has 16 rings (SSSR count). The molecule has 12 aromatic carbocycles. The summed E-state index contributed by atoms with van der Waals surface area (Å²) >= 11 is 0. The van der Waals surface area contributed by atoms with Crippen molar-refractivity contribution in [3.05, 3.63) is 291 Å². The van der Waals surface area contributed by atoms with E-state index in [1.807, 2.05) is 0 Å². The standard InChI is InChI=1S/C75H48N6/c1-5-21-49(22-6-1)53-37-41-69-61(45-53)62-46-54(50-23-7-2-8-24-50)38-42-70(62)79(69)67-35-19-15-31-59(67)73-76-74(78-75(77-73)81-65-33-17-13-29-57(65)58-30-14-18-34-66(58)81)60-32-16-20-36-68(60)80-71-43-39-55(51-25-9-3-10-26-51)47-63(71)64-48-56(40-44-72(64)80)52-27-11-4-12-28-52/h1-48H. The van der Waals surface area contributed by atoms with Crippen molar-refractivity contribution in [3.8, 4) is 84.6 Å². The maximum absolute atomic E-state index is 5.66. The average Bonchev–Trinajstić information content (AvgIpc) is 4.26. The van der Waals surface area contributed by atoms with Crippen molar-refractivity contribution in [2.24, 2.45) is 0 Å². The van der Waals surface area contributed by atoms with Crippen molar-refractivity contribution in [3.63, 3.8) is 0 Å². The molecule has 0 aliphatic rings. The molecule has 0 saturated heterocycles. The molecular weight excluding hydrogens is 985 g/mol. The van der Waals surface area contributed by atoms with Gasteiger partial charge in [-0.3, -0.25) is 4.57 Å². The third-order valence-corrected chi connectivity index (χ3v) is 16.1. The molecule has 0 aliphatic carbocycles. The van der Waals surface area contributed by atoms with Crippen LogP contribution >= 0.6 is 0 Å². The summed E-state index contributed by atoms with van der Waals surface area (Å²) < 4.78 is 7.00. The lowest BCUT2D eigenvalue weighted by Crippen LogP contribution is -2.09. The van der Waals surface area contributed by atoms with E-state index in [2.05, 4.69) is 305 Å². The van der Waals surface area contributed by atoms with Crippen molar-refractivity contribution in [2.75, 3.05) is 0 Å². The summed E-state index contributed by atoms with van der Waals surface area (Å²) in [6, 6.07) is 104. The molecule has 0 aliphatic heterocycles. The van der Waals surface area contributed by atoms with Gasteiger partial charge in [0.15, 0.2) is 11.6 Å². The molecule has 0 spiro atoms. The zero-order valence-electron chi connectivity index (χ0n) is 43.9.